The van der Waals surface area contributed by atoms with Gasteiger partial charge >= 0.3 is 0 Å². The van der Waals surface area contributed by atoms with Gasteiger partial charge in [-0.2, -0.15) is 0 Å². The Morgan fingerprint density at radius 2 is 1.95 bits per heavy atom. The molecule has 5 nitrogen and oxygen atoms in total. The molecule has 94 valence electrons. The number of nitrogens with zero attached hydrogens (tertiary/aromatic N) is 3. The quantitative estimate of drug-likeness (QED) is 0.397. The molecule has 3 aromatic rings. The molecular weight excluding hydrogens is 357 g/mol. The smallest absolute Gasteiger partial charge is 0.278 e. The SMILES string of the molecule is O=[N+]([O-])c1ccccc1-c1cn2cc(I)ccc2n1. The van der Waals surface area contributed by atoms with Gasteiger partial charge in [-0.15, -0.1) is 0 Å². The van der Waals surface area contributed by atoms with Crippen LogP contribution in [-0.2, 0) is 0 Å². The summed E-state index contributed by atoms with van der Waals surface area (Å²) in [5, 5.41) is 11.0. The van der Waals surface area contributed by atoms with Crippen LogP contribution in [0.2, 0.25) is 0 Å². The lowest BCUT2D eigenvalue weighted by Crippen LogP contribution is -1.91. The number of para-hydroxylation sites is 1. The first-order chi connectivity index (χ1) is 9.15. The number of hydrogen-bond donors (Lipinski definition) is 0. The summed E-state index contributed by atoms with van der Waals surface area (Å²) in [5.74, 6) is 0. The first kappa shape index (κ1) is 12.1. The second-order valence-corrected chi connectivity index (χ2v) is 5.26. The van der Waals surface area contributed by atoms with Gasteiger partial charge in [-0.3, -0.25) is 10.1 Å². The highest BCUT2D eigenvalue weighted by atomic mass is 127. The third kappa shape index (κ3) is 2.19. The van der Waals surface area contributed by atoms with E-state index < -0.39 is 0 Å². The van der Waals surface area contributed by atoms with Gasteiger partial charge in [-0.1, -0.05) is 12.1 Å². The zero-order valence-electron chi connectivity index (χ0n) is 9.65. The van der Waals surface area contributed by atoms with Crippen LogP contribution in [0.15, 0.2) is 48.8 Å². The monoisotopic (exact) mass is 365 g/mol. The number of hydrogen-bond acceptors (Lipinski definition) is 3. The lowest BCUT2D eigenvalue weighted by Gasteiger charge is -1.97. The summed E-state index contributed by atoms with van der Waals surface area (Å²) in [7, 11) is 0. The van der Waals surface area contributed by atoms with Gasteiger partial charge in [0.05, 0.1) is 16.2 Å². The van der Waals surface area contributed by atoms with Crippen molar-refractivity contribution in [3.8, 4) is 11.3 Å². The van der Waals surface area contributed by atoms with Gasteiger partial charge < -0.3 is 4.40 Å². The molecule has 0 saturated carbocycles. The van der Waals surface area contributed by atoms with E-state index in [9.17, 15) is 10.1 Å². The molecule has 0 radical (unpaired) electrons. The first-order valence-electron chi connectivity index (χ1n) is 5.53. The number of nitro benzene ring substituents is 1. The summed E-state index contributed by atoms with van der Waals surface area (Å²) in [4.78, 5) is 15.1. The second-order valence-electron chi connectivity index (χ2n) is 4.01. The van der Waals surface area contributed by atoms with E-state index in [4.69, 9.17) is 0 Å². The summed E-state index contributed by atoms with van der Waals surface area (Å²) < 4.78 is 2.95. The predicted octanol–water partition coefficient (Wildman–Crippen LogP) is 3.51. The van der Waals surface area contributed by atoms with Crippen LogP contribution in [0.5, 0.6) is 0 Å². The zero-order chi connectivity index (χ0) is 13.4. The molecule has 0 aliphatic carbocycles. The predicted molar refractivity (Wildman–Crippen MR) is 80.0 cm³/mol. The minimum absolute atomic E-state index is 0.0700. The van der Waals surface area contributed by atoms with E-state index in [0.717, 1.165) is 9.22 Å². The Balaban J connectivity index is 2.22. The van der Waals surface area contributed by atoms with Crippen LogP contribution in [-0.4, -0.2) is 14.3 Å². The van der Waals surface area contributed by atoms with Gasteiger partial charge in [0, 0.05) is 22.0 Å². The van der Waals surface area contributed by atoms with Crippen LogP contribution in [0.25, 0.3) is 16.9 Å². The van der Waals surface area contributed by atoms with Crippen LogP contribution in [0.3, 0.4) is 0 Å². The highest BCUT2D eigenvalue weighted by Crippen LogP contribution is 2.28. The molecule has 0 aliphatic rings. The number of halogens is 1. The van der Waals surface area contributed by atoms with E-state index in [1.54, 1.807) is 24.4 Å². The van der Waals surface area contributed by atoms with Crippen LogP contribution < -0.4 is 0 Å². The molecule has 19 heavy (non-hydrogen) atoms. The minimum atomic E-state index is -0.386. The fraction of sp³-hybridized carbons (Fsp3) is 0. The summed E-state index contributed by atoms with van der Waals surface area (Å²) in [6.07, 6.45) is 3.74. The molecule has 2 heterocycles. The molecule has 0 bridgehead atoms. The molecule has 2 aromatic heterocycles. The van der Waals surface area contributed by atoms with Crippen LogP contribution >= 0.6 is 22.6 Å². The van der Waals surface area contributed by atoms with E-state index in [1.165, 1.54) is 6.07 Å². The van der Waals surface area contributed by atoms with Crippen molar-refractivity contribution in [1.29, 1.82) is 0 Å². The van der Waals surface area contributed by atoms with E-state index in [-0.39, 0.29) is 10.6 Å². The molecule has 0 aliphatic heterocycles. The number of rotatable bonds is 2. The highest BCUT2D eigenvalue weighted by Gasteiger charge is 2.16. The number of imidazole rings is 1. The van der Waals surface area contributed by atoms with Crippen molar-refractivity contribution in [3.05, 3.63) is 62.5 Å². The van der Waals surface area contributed by atoms with E-state index in [1.807, 2.05) is 22.7 Å². The number of aromatic nitrogens is 2. The maximum Gasteiger partial charge on any atom is 0.278 e. The molecule has 0 amide bonds. The second kappa shape index (κ2) is 4.61. The standard InChI is InChI=1S/C13H8IN3O2/c14-9-5-6-13-15-11(8-16(13)7-9)10-3-1-2-4-12(10)17(18)19/h1-8H. The van der Waals surface area contributed by atoms with E-state index in [0.29, 0.717) is 11.3 Å². The van der Waals surface area contributed by atoms with E-state index in [2.05, 4.69) is 27.6 Å². The summed E-state index contributed by atoms with van der Waals surface area (Å²) in [6.45, 7) is 0. The van der Waals surface area contributed by atoms with Gasteiger partial charge in [0.15, 0.2) is 0 Å². The van der Waals surface area contributed by atoms with Crippen LogP contribution in [0.1, 0.15) is 0 Å². The molecular formula is C13H8IN3O2. The maximum absolute atomic E-state index is 11.0. The van der Waals surface area contributed by atoms with Crippen molar-refractivity contribution >= 4 is 33.9 Å². The average Bonchev–Trinajstić information content (AvgIpc) is 2.81. The van der Waals surface area contributed by atoms with Gasteiger partial charge in [0.2, 0.25) is 0 Å². The number of nitro groups is 1. The van der Waals surface area contributed by atoms with Gasteiger partial charge in [0.25, 0.3) is 5.69 Å². The van der Waals surface area contributed by atoms with Gasteiger partial charge in [0.1, 0.15) is 5.65 Å². The topological polar surface area (TPSA) is 60.4 Å². The summed E-state index contributed by atoms with van der Waals surface area (Å²) >= 11 is 2.21. The van der Waals surface area contributed by atoms with Crippen molar-refractivity contribution in [2.24, 2.45) is 0 Å². The largest absolute Gasteiger partial charge is 0.305 e. The van der Waals surface area contributed by atoms with E-state index >= 15 is 0 Å². The molecule has 0 fully saturated rings. The Morgan fingerprint density at radius 3 is 2.74 bits per heavy atom. The normalized spacial score (nSPS) is 10.8. The van der Waals surface area contributed by atoms with Crippen molar-refractivity contribution in [1.82, 2.24) is 9.38 Å². The molecule has 0 unspecified atom stereocenters. The Hall–Kier alpha value is -1.96. The Bertz CT molecular complexity index is 782. The Morgan fingerprint density at radius 1 is 1.16 bits per heavy atom. The number of pyridine rings is 1. The van der Waals surface area contributed by atoms with Crippen LogP contribution in [0, 0.1) is 13.7 Å². The number of fused-ring (bicyclic) bond motifs is 1. The molecule has 1 aromatic carbocycles. The zero-order valence-corrected chi connectivity index (χ0v) is 11.8. The Labute approximate surface area is 122 Å². The third-order valence-corrected chi connectivity index (χ3v) is 3.43. The maximum atomic E-state index is 11.0. The Kier molecular flexibility index (Phi) is 2.94. The average molecular weight is 365 g/mol. The van der Waals surface area contributed by atoms with Crippen LogP contribution in [0.4, 0.5) is 5.69 Å². The summed E-state index contributed by atoms with van der Waals surface area (Å²) in [5.41, 5.74) is 1.98. The highest BCUT2D eigenvalue weighted by molar-refractivity contribution is 14.1. The van der Waals surface area contributed by atoms with Crippen molar-refractivity contribution in [2.45, 2.75) is 0 Å². The lowest BCUT2D eigenvalue weighted by atomic mass is 10.1. The third-order valence-electron chi connectivity index (χ3n) is 2.79. The van der Waals surface area contributed by atoms with Crippen molar-refractivity contribution in [2.75, 3.05) is 0 Å². The molecule has 3 rings (SSSR count). The number of benzene rings is 1. The van der Waals surface area contributed by atoms with Gasteiger partial charge in [-0.25, -0.2) is 4.98 Å². The van der Waals surface area contributed by atoms with Crippen molar-refractivity contribution in [3.63, 3.8) is 0 Å². The molecule has 0 spiro atoms. The molecule has 0 atom stereocenters. The van der Waals surface area contributed by atoms with Crippen molar-refractivity contribution < 1.29 is 4.92 Å². The molecule has 0 saturated heterocycles. The first-order valence-corrected chi connectivity index (χ1v) is 6.61. The summed E-state index contributed by atoms with van der Waals surface area (Å²) in [6, 6.07) is 10.5. The fourth-order valence-corrected chi connectivity index (χ4v) is 2.42. The van der Waals surface area contributed by atoms with Gasteiger partial charge in [-0.05, 0) is 40.8 Å². The fourth-order valence-electron chi connectivity index (χ4n) is 1.94. The lowest BCUT2D eigenvalue weighted by molar-refractivity contribution is -0.384. The molecule has 6 heteroatoms. The minimum Gasteiger partial charge on any atom is -0.305 e. The molecule has 0 N–H and O–H groups in total.